The van der Waals surface area contributed by atoms with Gasteiger partial charge >= 0.3 is 5.97 Å². The fourth-order valence-corrected chi connectivity index (χ4v) is 2.37. The van der Waals surface area contributed by atoms with Gasteiger partial charge in [0, 0.05) is 10.4 Å². The van der Waals surface area contributed by atoms with Crippen molar-refractivity contribution < 1.29 is 9.90 Å². The fraction of sp³-hybridized carbons (Fsp3) is 0.167. The predicted octanol–water partition coefficient (Wildman–Crippen LogP) is 3.07. The van der Waals surface area contributed by atoms with E-state index in [2.05, 4.69) is 4.98 Å². The van der Waals surface area contributed by atoms with Gasteiger partial charge in [0.2, 0.25) is 5.01 Å². The first-order valence-electron chi connectivity index (χ1n) is 5.00. The average Bonchev–Trinajstić information content (AvgIpc) is 2.74. The molecule has 0 bridgehead atoms. The summed E-state index contributed by atoms with van der Waals surface area (Å²) in [6, 6.07) is 9.67. The first-order chi connectivity index (χ1) is 7.72. The van der Waals surface area contributed by atoms with Crippen LogP contribution in [0.25, 0.3) is 11.3 Å². The molecular weight excluding hydrogens is 222 g/mol. The molecule has 0 saturated carbocycles. The third-order valence-corrected chi connectivity index (χ3v) is 3.44. The molecule has 1 heterocycles. The molecule has 4 heteroatoms. The number of aromatic nitrogens is 1. The van der Waals surface area contributed by atoms with Crippen molar-refractivity contribution in [1.29, 1.82) is 0 Å². The van der Waals surface area contributed by atoms with Crippen LogP contribution in [0, 0.1) is 0 Å². The summed E-state index contributed by atoms with van der Waals surface area (Å²) in [6.45, 7) is 2.01. The van der Waals surface area contributed by atoms with Crippen LogP contribution < -0.4 is 0 Å². The topological polar surface area (TPSA) is 50.2 Å². The number of aromatic carboxylic acids is 1. The Labute approximate surface area is 97.4 Å². The minimum absolute atomic E-state index is 0.163. The standard InChI is InChI=1S/C12H11NO2S/c1-2-9-10(8-6-4-3-5-7-8)13-11(16-9)12(14)15/h3-7H,2H2,1H3,(H,14,15). The van der Waals surface area contributed by atoms with Gasteiger partial charge in [-0.1, -0.05) is 37.3 Å². The van der Waals surface area contributed by atoms with Gasteiger partial charge in [0.25, 0.3) is 0 Å². The van der Waals surface area contributed by atoms with Crippen LogP contribution in [0.2, 0.25) is 0 Å². The highest BCUT2D eigenvalue weighted by molar-refractivity contribution is 7.13. The van der Waals surface area contributed by atoms with Crippen LogP contribution in [0.3, 0.4) is 0 Å². The van der Waals surface area contributed by atoms with E-state index in [0.717, 1.165) is 22.6 Å². The van der Waals surface area contributed by atoms with Crippen molar-refractivity contribution in [2.75, 3.05) is 0 Å². The molecule has 0 spiro atoms. The summed E-state index contributed by atoms with van der Waals surface area (Å²) in [5, 5.41) is 9.08. The summed E-state index contributed by atoms with van der Waals surface area (Å²) >= 11 is 1.25. The molecule has 0 aliphatic rings. The number of benzene rings is 1. The zero-order chi connectivity index (χ0) is 11.5. The second kappa shape index (κ2) is 4.45. The minimum Gasteiger partial charge on any atom is -0.476 e. The Balaban J connectivity index is 2.52. The van der Waals surface area contributed by atoms with Gasteiger partial charge in [0.1, 0.15) is 0 Å². The molecule has 2 aromatic rings. The van der Waals surface area contributed by atoms with Crippen molar-refractivity contribution in [1.82, 2.24) is 4.98 Å². The van der Waals surface area contributed by atoms with Crippen LogP contribution in [-0.2, 0) is 6.42 Å². The number of hydrogen-bond acceptors (Lipinski definition) is 3. The van der Waals surface area contributed by atoms with Gasteiger partial charge in [-0.25, -0.2) is 9.78 Å². The van der Waals surface area contributed by atoms with E-state index >= 15 is 0 Å². The van der Waals surface area contributed by atoms with Crippen LogP contribution in [0.5, 0.6) is 0 Å². The number of hydrogen-bond donors (Lipinski definition) is 1. The van der Waals surface area contributed by atoms with Crippen LogP contribution in [0.15, 0.2) is 30.3 Å². The zero-order valence-electron chi connectivity index (χ0n) is 8.80. The number of nitrogens with zero attached hydrogens (tertiary/aromatic N) is 1. The molecule has 1 aromatic heterocycles. The van der Waals surface area contributed by atoms with Gasteiger partial charge < -0.3 is 5.11 Å². The number of carboxylic acid groups (broad SMARTS) is 1. The molecule has 16 heavy (non-hydrogen) atoms. The van der Waals surface area contributed by atoms with Gasteiger partial charge in [0.15, 0.2) is 0 Å². The molecule has 0 fully saturated rings. The first-order valence-corrected chi connectivity index (χ1v) is 5.82. The van der Waals surface area contributed by atoms with Crippen molar-refractivity contribution in [3.8, 4) is 11.3 Å². The summed E-state index contributed by atoms with van der Waals surface area (Å²) < 4.78 is 0. The molecule has 0 unspecified atom stereocenters. The van der Waals surface area contributed by atoms with Gasteiger partial charge in [-0.15, -0.1) is 11.3 Å². The summed E-state index contributed by atoms with van der Waals surface area (Å²) in [4.78, 5) is 16.0. The third-order valence-electron chi connectivity index (χ3n) is 2.25. The SMILES string of the molecule is CCc1sc(C(=O)O)nc1-c1ccccc1. The fourth-order valence-electron chi connectivity index (χ4n) is 1.50. The quantitative estimate of drug-likeness (QED) is 0.886. The molecule has 0 atom stereocenters. The van der Waals surface area contributed by atoms with Crippen molar-refractivity contribution in [3.63, 3.8) is 0 Å². The minimum atomic E-state index is -0.957. The largest absolute Gasteiger partial charge is 0.476 e. The smallest absolute Gasteiger partial charge is 0.365 e. The zero-order valence-corrected chi connectivity index (χ0v) is 9.62. The Bertz CT molecular complexity index is 505. The summed E-state index contributed by atoms with van der Waals surface area (Å²) in [5.41, 5.74) is 1.77. The van der Waals surface area contributed by atoms with E-state index < -0.39 is 5.97 Å². The average molecular weight is 233 g/mol. The lowest BCUT2D eigenvalue weighted by Crippen LogP contribution is -1.94. The Morgan fingerprint density at radius 2 is 2.06 bits per heavy atom. The number of rotatable bonds is 3. The number of carbonyl (C=O) groups is 1. The third kappa shape index (κ3) is 1.97. The lowest BCUT2D eigenvalue weighted by atomic mass is 10.1. The molecule has 1 N–H and O–H groups in total. The van der Waals surface area contributed by atoms with Crippen molar-refractivity contribution >= 4 is 17.3 Å². The second-order valence-electron chi connectivity index (χ2n) is 3.32. The predicted molar refractivity (Wildman–Crippen MR) is 63.9 cm³/mol. The van der Waals surface area contributed by atoms with Crippen LogP contribution >= 0.6 is 11.3 Å². The van der Waals surface area contributed by atoms with Gasteiger partial charge in [-0.3, -0.25) is 0 Å². The Morgan fingerprint density at radius 1 is 1.38 bits per heavy atom. The van der Waals surface area contributed by atoms with E-state index in [9.17, 15) is 4.79 Å². The van der Waals surface area contributed by atoms with Crippen LogP contribution in [-0.4, -0.2) is 16.1 Å². The van der Waals surface area contributed by atoms with Gasteiger partial charge in [0.05, 0.1) is 5.69 Å². The lowest BCUT2D eigenvalue weighted by Gasteiger charge is -1.98. The van der Waals surface area contributed by atoms with Crippen LogP contribution in [0.4, 0.5) is 0 Å². The first kappa shape index (κ1) is 10.8. The number of aryl methyl sites for hydroxylation is 1. The van der Waals surface area contributed by atoms with E-state index in [0.29, 0.717) is 0 Å². The molecule has 2 rings (SSSR count). The Morgan fingerprint density at radius 3 is 2.62 bits per heavy atom. The maximum Gasteiger partial charge on any atom is 0.365 e. The highest BCUT2D eigenvalue weighted by atomic mass is 32.1. The molecule has 3 nitrogen and oxygen atoms in total. The Hall–Kier alpha value is -1.68. The highest BCUT2D eigenvalue weighted by Gasteiger charge is 2.15. The van der Waals surface area contributed by atoms with Crippen molar-refractivity contribution in [2.45, 2.75) is 13.3 Å². The van der Waals surface area contributed by atoms with Gasteiger partial charge in [-0.05, 0) is 6.42 Å². The summed E-state index contributed by atoms with van der Waals surface area (Å²) in [5.74, 6) is -0.957. The lowest BCUT2D eigenvalue weighted by molar-refractivity contribution is 0.0696. The second-order valence-corrected chi connectivity index (χ2v) is 4.40. The van der Waals surface area contributed by atoms with E-state index in [1.54, 1.807) is 0 Å². The molecule has 1 aromatic carbocycles. The van der Waals surface area contributed by atoms with E-state index in [1.165, 1.54) is 11.3 Å². The van der Waals surface area contributed by atoms with Crippen molar-refractivity contribution in [2.24, 2.45) is 0 Å². The van der Waals surface area contributed by atoms with E-state index in [4.69, 9.17) is 5.11 Å². The number of thiazole rings is 1. The van der Waals surface area contributed by atoms with E-state index in [1.807, 2.05) is 37.3 Å². The van der Waals surface area contributed by atoms with Crippen molar-refractivity contribution in [3.05, 3.63) is 40.2 Å². The molecular formula is C12H11NO2S. The molecule has 0 radical (unpaired) electrons. The molecule has 0 amide bonds. The maximum absolute atomic E-state index is 10.9. The normalized spacial score (nSPS) is 10.3. The maximum atomic E-state index is 10.9. The van der Waals surface area contributed by atoms with Gasteiger partial charge in [-0.2, -0.15) is 0 Å². The Kier molecular flexibility index (Phi) is 3.01. The number of carboxylic acids is 1. The molecule has 0 saturated heterocycles. The highest BCUT2D eigenvalue weighted by Crippen LogP contribution is 2.28. The molecule has 0 aliphatic heterocycles. The monoisotopic (exact) mass is 233 g/mol. The molecule has 0 aliphatic carbocycles. The van der Waals surface area contributed by atoms with E-state index in [-0.39, 0.29) is 5.01 Å². The van der Waals surface area contributed by atoms with Crippen LogP contribution in [0.1, 0.15) is 21.6 Å². The summed E-state index contributed by atoms with van der Waals surface area (Å²) in [6.07, 6.45) is 0.801. The molecule has 82 valence electrons. The summed E-state index contributed by atoms with van der Waals surface area (Å²) in [7, 11) is 0.